The zero-order chi connectivity index (χ0) is 24.7. The van der Waals surface area contributed by atoms with Crippen molar-refractivity contribution in [1.29, 1.82) is 5.26 Å². The quantitative estimate of drug-likeness (QED) is 0.434. The predicted molar refractivity (Wildman–Crippen MR) is 131 cm³/mol. The number of rotatable bonds is 3. The number of nitrogens with zero attached hydrogens (tertiary/aromatic N) is 4. The normalized spacial score (nSPS) is 14.3. The van der Waals surface area contributed by atoms with Crippen molar-refractivity contribution in [3.8, 4) is 34.2 Å². The van der Waals surface area contributed by atoms with E-state index in [1.54, 1.807) is 24.4 Å². The molecule has 0 unspecified atom stereocenters. The summed E-state index contributed by atoms with van der Waals surface area (Å²) >= 11 is 0. The Morgan fingerprint density at radius 3 is 2.51 bits per heavy atom. The topological polar surface area (TPSA) is 99.1 Å². The van der Waals surface area contributed by atoms with E-state index in [4.69, 9.17) is 10.7 Å². The number of aryl methyl sites for hydroxylation is 1. The molecule has 5 rings (SSSR count). The van der Waals surface area contributed by atoms with Crippen molar-refractivity contribution in [2.45, 2.75) is 25.8 Å². The first-order chi connectivity index (χ1) is 16.8. The number of hydrogen-bond donors (Lipinski definition) is 2. The van der Waals surface area contributed by atoms with Crippen LogP contribution in [0.2, 0.25) is 0 Å². The Bertz CT molecular complexity index is 1470. The van der Waals surface area contributed by atoms with Gasteiger partial charge in [-0.15, -0.1) is 0 Å². The third kappa shape index (κ3) is 4.27. The number of aromatic nitrogens is 2. The van der Waals surface area contributed by atoms with E-state index >= 15 is 0 Å². The number of fused-ring (bicyclic) bond motifs is 1. The van der Waals surface area contributed by atoms with Crippen molar-refractivity contribution in [3.63, 3.8) is 0 Å². The van der Waals surface area contributed by atoms with Crippen LogP contribution in [0.25, 0.3) is 33.4 Å². The number of nitrogens with two attached hydrogens (primary N) is 1. The fourth-order valence-corrected chi connectivity index (χ4v) is 4.63. The number of pyridine rings is 2. The number of anilines is 1. The first-order valence-corrected chi connectivity index (χ1v) is 11.3. The molecule has 8 heteroatoms. The first-order valence-electron chi connectivity index (χ1n) is 11.3. The van der Waals surface area contributed by atoms with Crippen LogP contribution in [0.3, 0.4) is 0 Å². The fraction of sp³-hybridized carbons (Fsp3) is 0.222. The number of phenols is 1. The molecule has 0 aliphatic carbocycles. The molecule has 1 aliphatic heterocycles. The molecule has 1 aliphatic rings. The van der Waals surface area contributed by atoms with Crippen molar-refractivity contribution in [1.82, 2.24) is 9.97 Å². The molecular weight excluding hydrogens is 448 g/mol. The van der Waals surface area contributed by atoms with Gasteiger partial charge in [0.25, 0.3) is 0 Å². The van der Waals surface area contributed by atoms with Gasteiger partial charge in [0, 0.05) is 36.5 Å². The van der Waals surface area contributed by atoms with E-state index in [1.807, 2.05) is 13.0 Å². The fourth-order valence-electron chi connectivity index (χ4n) is 4.63. The summed E-state index contributed by atoms with van der Waals surface area (Å²) in [5, 5.41) is 19.8. The molecule has 0 radical (unpaired) electrons. The largest absolute Gasteiger partial charge is 0.506 e. The van der Waals surface area contributed by atoms with Crippen LogP contribution in [0.4, 0.5) is 14.5 Å². The number of piperidine rings is 1. The molecule has 0 amide bonds. The molecule has 0 atom stereocenters. The second-order valence-corrected chi connectivity index (χ2v) is 8.89. The van der Waals surface area contributed by atoms with Gasteiger partial charge in [0.05, 0.1) is 22.5 Å². The Balaban J connectivity index is 1.77. The number of nitriles is 1. The molecule has 176 valence electrons. The smallest absolute Gasteiger partial charge is 0.142 e. The van der Waals surface area contributed by atoms with Gasteiger partial charge in [-0.25, -0.2) is 13.8 Å². The van der Waals surface area contributed by atoms with E-state index in [2.05, 4.69) is 9.88 Å². The average Bonchev–Trinajstić information content (AvgIpc) is 2.84. The number of phenolic OH excluding ortho intramolecular Hbond substituents is 1. The minimum Gasteiger partial charge on any atom is -0.506 e. The van der Waals surface area contributed by atoms with Gasteiger partial charge in [0.2, 0.25) is 0 Å². The maximum Gasteiger partial charge on any atom is 0.142 e. The van der Waals surface area contributed by atoms with E-state index < -0.39 is 5.82 Å². The Morgan fingerprint density at radius 1 is 1.06 bits per heavy atom. The zero-order valence-corrected chi connectivity index (χ0v) is 19.1. The molecule has 4 aromatic rings. The van der Waals surface area contributed by atoms with Crippen LogP contribution in [0.1, 0.15) is 24.0 Å². The lowest BCUT2D eigenvalue weighted by Crippen LogP contribution is -2.40. The van der Waals surface area contributed by atoms with Gasteiger partial charge in [-0.2, -0.15) is 5.26 Å². The average molecular weight is 472 g/mol. The third-order valence-electron chi connectivity index (χ3n) is 6.37. The van der Waals surface area contributed by atoms with E-state index in [9.17, 15) is 19.1 Å². The van der Waals surface area contributed by atoms with Gasteiger partial charge < -0.3 is 15.7 Å². The molecule has 1 saturated heterocycles. The van der Waals surface area contributed by atoms with Crippen LogP contribution in [-0.2, 0) is 0 Å². The maximum atomic E-state index is 14.3. The molecular formula is C27H23F2N5O. The summed E-state index contributed by atoms with van der Waals surface area (Å²) < 4.78 is 28.5. The molecule has 1 fully saturated rings. The Morgan fingerprint density at radius 2 is 1.80 bits per heavy atom. The van der Waals surface area contributed by atoms with Gasteiger partial charge in [-0.1, -0.05) is 6.07 Å². The highest BCUT2D eigenvalue weighted by molar-refractivity contribution is 5.98. The Labute approximate surface area is 201 Å². The lowest BCUT2D eigenvalue weighted by atomic mass is 9.98. The van der Waals surface area contributed by atoms with Gasteiger partial charge in [-0.05, 0) is 67.3 Å². The minimum absolute atomic E-state index is 0.108. The van der Waals surface area contributed by atoms with Gasteiger partial charge in [0.15, 0.2) is 0 Å². The van der Waals surface area contributed by atoms with Gasteiger partial charge in [0.1, 0.15) is 29.0 Å². The lowest BCUT2D eigenvalue weighted by Gasteiger charge is -2.34. The van der Waals surface area contributed by atoms with Crippen molar-refractivity contribution in [3.05, 3.63) is 71.4 Å². The predicted octanol–water partition coefficient (Wildman–Crippen LogP) is 5.06. The zero-order valence-electron chi connectivity index (χ0n) is 19.1. The molecule has 0 spiro atoms. The number of hydrogen-bond acceptors (Lipinski definition) is 6. The second-order valence-electron chi connectivity index (χ2n) is 8.89. The lowest BCUT2D eigenvalue weighted by molar-refractivity contribution is 0.473. The molecule has 3 N–H and O–H groups in total. The first kappa shape index (κ1) is 22.7. The standard InChI is InChI=1S/C27H23F2N5O/c1-15-8-16(10-18(28)9-15)22-14-32-24-3-2-23(21-12-19(29)11-17(13-30)27(21)35)33-25(24)26(22)34-6-4-20(31)5-7-34/h2-3,8-12,14,20,35H,4-7,31H2,1H3. The maximum absolute atomic E-state index is 14.3. The summed E-state index contributed by atoms with van der Waals surface area (Å²) in [6, 6.07) is 12.2. The molecule has 0 saturated carbocycles. The highest BCUT2D eigenvalue weighted by Gasteiger charge is 2.24. The number of aromatic hydroxyl groups is 1. The third-order valence-corrected chi connectivity index (χ3v) is 6.37. The summed E-state index contributed by atoms with van der Waals surface area (Å²) in [4.78, 5) is 11.5. The Hall–Kier alpha value is -4.09. The summed E-state index contributed by atoms with van der Waals surface area (Å²) in [6.07, 6.45) is 3.30. The van der Waals surface area contributed by atoms with Crippen LogP contribution >= 0.6 is 0 Å². The van der Waals surface area contributed by atoms with Crippen LogP contribution in [-0.4, -0.2) is 34.2 Å². The number of halogens is 2. The molecule has 0 bridgehead atoms. The van der Waals surface area contributed by atoms with Crippen molar-refractivity contribution < 1.29 is 13.9 Å². The van der Waals surface area contributed by atoms with Crippen molar-refractivity contribution in [2.24, 2.45) is 5.73 Å². The highest BCUT2D eigenvalue weighted by Crippen LogP contribution is 2.39. The van der Waals surface area contributed by atoms with E-state index in [0.717, 1.165) is 41.8 Å². The van der Waals surface area contributed by atoms with Gasteiger partial charge >= 0.3 is 0 Å². The molecule has 2 aromatic heterocycles. The van der Waals surface area contributed by atoms with Crippen molar-refractivity contribution >= 4 is 16.7 Å². The molecule has 6 nitrogen and oxygen atoms in total. The Kier molecular flexibility index (Phi) is 5.79. The van der Waals surface area contributed by atoms with E-state index in [0.29, 0.717) is 35.4 Å². The van der Waals surface area contributed by atoms with Crippen LogP contribution in [0.5, 0.6) is 5.75 Å². The summed E-state index contributed by atoms with van der Waals surface area (Å²) in [5.74, 6) is -1.33. The SMILES string of the molecule is Cc1cc(F)cc(-c2cnc3ccc(-c4cc(F)cc(C#N)c4O)nc3c2N2CCC(N)CC2)c1. The summed E-state index contributed by atoms with van der Waals surface area (Å²) in [6.45, 7) is 3.21. The van der Waals surface area contributed by atoms with E-state index in [-0.39, 0.29) is 28.7 Å². The monoisotopic (exact) mass is 471 g/mol. The van der Waals surface area contributed by atoms with Gasteiger partial charge in [-0.3, -0.25) is 4.98 Å². The second kappa shape index (κ2) is 8.93. The number of benzene rings is 2. The van der Waals surface area contributed by atoms with Crippen LogP contribution in [0.15, 0.2) is 48.7 Å². The van der Waals surface area contributed by atoms with Crippen molar-refractivity contribution in [2.75, 3.05) is 18.0 Å². The van der Waals surface area contributed by atoms with E-state index in [1.165, 1.54) is 12.1 Å². The molecule has 2 aromatic carbocycles. The molecule has 35 heavy (non-hydrogen) atoms. The minimum atomic E-state index is -0.649. The van der Waals surface area contributed by atoms with Crippen LogP contribution in [0, 0.1) is 29.9 Å². The van der Waals surface area contributed by atoms with Crippen LogP contribution < -0.4 is 10.6 Å². The molecule has 3 heterocycles. The summed E-state index contributed by atoms with van der Waals surface area (Å²) in [5.41, 5.74) is 10.5. The summed E-state index contributed by atoms with van der Waals surface area (Å²) in [7, 11) is 0. The highest BCUT2D eigenvalue weighted by atomic mass is 19.1.